The van der Waals surface area contributed by atoms with Crippen molar-refractivity contribution in [2.75, 3.05) is 6.61 Å². The van der Waals surface area contributed by atoms with E-state index in [-0.39, 0.29) is 5.78 Å². The van der Waals surface area contributed by atoms with Crippen LogP contribution in [0.3, 0.4) is 0 Å². The van der Waals surface area contributed by atoms with Crippen molar-refractivity contribution in [2.24, 2.45) is 0 Å². The second-order valence-electron chi connectivity index (χ2n) is 4.10. The summed E-state index contributed by atoms with van der Waals surface area (Å²) in [5, 5.41) is 0. The SMILES string of the molecule is CCOc1ccc(/C=C/CCC(C)=O)cc1C. The third kappa shape index (κ3) is 4.85. The Balaban J connectivity index is 2.60. The lowest BCUT2D eigenvalue weighted by Gasteiger charge is -2.07. The Hall–Kier alpha value is -1.57. The molecule has 0 aliphatic heterocycles. The fraction of sp³-hybridized carbons (Fsp3) is 0.400. The number of Topliss-reactive ketones (excluding diaryl/α,β-unsaturated/α-hetero) is 1. The molecule has 2 heteroatoms. The van der Waals surface area contributed by atoms with Gasteiger partial charge in [-0.2, -0.15) is 0 Å². The van der Waals surface area contributed by atoms with E-state index in [1.807, 2.05) is 38.1 Å². The molecule has 0 saturated carbocycles. The van der Waals surface area contributed by atoms with E-state index in [0.29, 0.717) is 13.0 Å². The summed E-state index contributed by atoms with van der Waals surface area (Å²) < 4.78 is 5.48. The van der Waals surface area contributed by atoms with Crippen LogP contribution in [0.4, 0.5) is 0 Å². The highest BCUT2D eigenvalue weighted by molar-refractivity contribution is 5.75. The number of ether oxygens (including phenoxy) is 1. The molecule has 0 unspecified atom stereocenters. The maximum absolute atomic E-state index is 10.8. The Bertz CT molecular complexity index is 405. The summed E-state index contributed by atoms with van der Waals surface area (Å²) in [6.07, 6.45) is 5.51. The van der Waals surface area contributed by atoms with Gasteiger partial charge in [0.25, 0.3) is 0 Å². The minimum absolute atomic E-state index is 0.234. The molecule has 1 aromatic carbocycles. The van der Waals surface area contributed by atoms with Crippen LogP contribution in [0.15, 0.2) is 24.3 Å². The van der Waals surface area contributed by atoms with Crippen molar-refractivity contribution in [3.8, 4) is 5.75 Å². The average molecular weight is 232 g/mol. The quantitative estimate of drug-likeness (QED) is 0.746. The normalized spacial score (nSPS) is 10.8. The molecule has 0 N–H and O–H groups in total. The number of aryl methyl sites for hydroxylation is 1. The van der Waals surface area contributed by atoms with Crippen molar-refractivity contribution < 1.29 is 9.53 Å². The third-order valence-electron chi connectivity index (χ3n) is 2.47. The number of hydrogen-bond donors (Lipinski definition) is 0. The second kappa shape index (κ2) is 6.89. The van der Waals surface area contributed by atoms with Crippen LogP contribution in [-0.4, -0.2) is 12.4 Å². The van der Waals surface area contributed by atoms with Crippen LogP contribution in [0.5, 0.6) is 5.75 Å². The fourth-order valence-electron chi connectivity index (χ4n) is 1.60. The third-order valence-corrected chi connectivity index (χ3v) is 2.47. The molecule has 0 bridgehead atoms. The molecular weight excluding hydrogens is 212 g/mol. The highest BCUT2D eigenvalue weighted by atomic mass is 16.5. The largest absolute Gasteiger partial charge is 0.494 e. The van der Waals surface area contributed by atoms with E-state index in [2.05, 4.69) is 6.07 Å². The Morgan fingerprint density at radius 1 is 1.41 bits per heavy atom. The number of carbonyl (C=O) groups excluding carboxylic acids is 1. The van der Waals surface area contributed by atoms with E-state index in [1.54, 1.807) is 6.92 Å². The highest BCUT2D eigenvalue weighted by Crippen LogP contribution is 2.19. The van der Waals surface area contributed by atoms with E-state index in [4.69, 9.17) is 4.74 Å². The van der Waals surface area contributed by atoms with E-state index in [0.717, 1.165) is 23.3 Å². The van der Waals surface area contributed by atoms with Gasteiger partial charge < -0.3 is 9.53 Å². The summed E-state index contributed by atoms with van der Waals surface area (Å²) >= 11 is 0. The number of rotatable bonds is 6. The molecule has 92 valence electrons. The van der Waals surface area contributed by atoms with Crippen molar-refractivity contribution in [3.05, 3.63) is 35.4 Å². The van der Waals surface area contributed by atoms with Gasteiger partial charge in [-0.3, -0.25) is 0 Å². The van der Waals surface area contributed by atoms with Crippen LogP contribution in [0.1, 0.15) is 37.8 Å². The minimum Gasteiger partial charge on any atom is -0.494 e. The van der Waals surface area contributed by atoms with E-state index >= 15 is 0 Å². The summed E-state index contributed by atoms with van der Waals surface area (Å²) in [4.78, 5) is 10.8. The highest BCUT2D eigenvalue weighted by Gasteiger charge is 1.98. The molecule has 17 heavy (non-hydrogen) atoms. The van der Waals surface area contributed by atoms with Crippen molar-refractivity contribution in [2.45, 2.75) is 33.6 Å². The lowest BCUT2D eigenvalue weighted by molar-refractivity contribution is -0.116. The topological polar surface area (TPSA) is 26.3 Å². The van der Waals surface area contributed by atoms with Crippen LogP contribution in [0.2, 0.25) is 0 Å². The number of allylic oxidation sites excluding steroid dienone is 1. The maximum Gasteiger partial charge on any atom is 0.130 e. The van der Waals surface area contributed by atoms with Crippen LogP contribution < -0.4 is 4.74 Å². The number of carbonyl (C=O) groups is 1. The van der Waals surface area contributed by atoms with Gasteiger partial charge in [-0.25, -0.2) is 0 Å². The minimum atomic E-state index is 0.234. The van der Waals surface area contributed by atoms with Crippen molar-refractivity contribution in [1.82, 2.24) is 0 Å². The summed E-state index contributed by atoms with van der Waals surface area (Å²) in [6, 6.07) is 6.11. The zero-order valence-electron chi connectivity index (χ0n) is 10.8. The van der Waals surface area contributed by atoms with Crippen LogP contribution >= 0.6 is 0 Å². The fourth-order valence-corrected chi connectivity index (χ4v) is 1.60. The molecule has 2 nitrogen and oxygen atoms in total. The first kappa shape index (κ1) is 13.5. The smallest absolute Gasteiger partial charge is 0.130 e. The second-order valence-corrected chi connectivity index (χ2v) is 4.10. The summed E-state index contributed by atoms with van der Waals surface area (Å²) in [6.45, 7) is 6.33. The number of benzene rings is 1. The van der Waals surface area contributed by atoms with Crippen molar-refractivity contribution >= 4 is 11.9 Å². The van der Waals surface area contributed by atoms with Gasteiger partial charge >= 0.3 is 0 Å². The zero-order valence-corrected chi connectivity index (χ0v) is 10.8. The van der Waals surface area contributed by atoms with Gasteiger partial charge in [0, 0.05) is 6.42 Å². The molecule has 1 aromatic rings. The average Bonchev–Trinajstić information content (AvgIpc) is 2.28. The summed E-state index contributed by atoms with van der Waals surface area (Å²) in [5.74, 6) is 1.17. The standard InChI is InChI=1S/C15H20O2/c1-4-17-15-10-9-14(11-12(15)2)8-6-5-7-13(3)16/h6,8-11H,4-5,7H2,1-3H3/b8-6+. The Morgan fingerprint density at radius 2 is 2.18 bits per heavy atom. The predicted molar refractivity (Wildman–Crippen MR) is 71.3 cm³/mol. The molecule has 0 saturated heterocycles. The van der Waals surface area contributed by atoms with E-state index in [1.165, 1.54) is 0 Å². The molecule has 0 radical (unpaired) electrons. The first-order chi connectivity index (χ1) is 8.13. The molecule has 0 amide bonds. The molecule has 0 aliphatic carbocycles. The molecule has 0 spiro atoms. The van der Waals surface area contributed by atoms with Crippen LogP contribution in [0, 0.1) is 6.92 Å². The van der Waals surface area contributed by atoms with E-state index < -0.39 is 0 Å². The summed E-state index contributed by atoms with van der Waals surface area (Å²) in [7, 11) is 0. The van der Waals surface area contributed by atoms with Gasteiger partial charge in [-0.1, -0.05) is 18.2 Å². The van der Waals surface area contributed by atoms with Gasteiger partial charge in [-0.05, 0) is 50.5 Å². The monoisotopic (exact) mass is 232 g/mol. The first-order valence-electron chi connectivity index (χ1n) is 6.03. The van der Waals surface area contributed by atoms with Gasteiger partial charge in [-0.15, -0.1) is 0 Å². The molecule has 1 rings (SSSR count). The molecular formula is C15H20O2. The Morgan fingerprint density at radius 3 is 2.76 bits per heavy atom. The maximum atomic E-state index is 10.8. The van der Waals surface area contributed by atoms with Crippen molar-refractivity contribution in [3.63, 3.8) is 0 Å². The molecule has 0 heterocycles. The Kier molecular flexibility index (Phi) is 5.47. The lowest BCUT2D eigenvalue weighted by Crippen LogP contribution is -1.93. The number of hydrogen-bond acceptors (Lipinski definition) is 2. The van der Waals surface area contributed by atoms with E-state index in [9.17, 15) is 4.79 Å². The molecule has 0 fully saturated rings. The summed E-state index contributed by atoms with van der Waals surface area (Å²) in [5.41, 5.74) is 2.29. The van der Waals surface area contributed by atoms with Gasteiger partial charge in [0.2, 0.25) is 0 Å². The zero-order chi connectivity index (χ0) is 12.7. The van der Waals surface area contributed by atoms with Crippen molar-refractivity contribution in [1.29, 1.82) is 0 Å². The molecule has 0 aromatic heterocycles. The van der Waals surface area contributed by atoms with Crippen LogP contribution in [-0.2, 0) is 4.79 Å². The van der Waals surface area contributed by atoms with Gasteiger partial charge in [0.05, 0.1) is 6.61 Å². The number of ketones is 1. The lowest BCUT2D eigenvalue weighted by atomic mass is 10.1. The predicted octanol–water partition coefficient (Wildman–Crippen LogP) is 3.78. The van der Waals surface area contributed by atoms with Crippen LogP contribution in [0.25, 0.3) is 6.08 Å². The molecule has 0 aliphatic rings. The first-order valence-corrected chi connectivity index (χ1v) is 6.03. The molecule has 0 atom stereocenters. The van der Waals surface area contributed by atoms with Gasteiger partial charge in [0.1, 0.15) is 11.5 Å². The van der Waals surface area contributed by atoms with Gasteiger partial charge in [0.15, 0.2) is 0 Å². The Labute approximate surface area is 103 Å².